The van der Waals surface area contributed by atoms with Gasteiger partial charge in [0, 0.05) is 0 Å². The average molecular weight is 619 g/mol. The van der Waals surface area contributed by atoms with Gasteiger partial charge in [-0.3, -0.25) is 27.1 Å². The maximum Gasteiger partial charge on any atom is 0.393 e. The van der Waals surface area contributed by atoms with Crippen molar-refractivity contribution >= 4 is 22.8 Å². The summed E-state index contributed by atoms with van der Waals surface area (Å²) in [6.45, 7) is 19.9. The second-order valence-electron chi connectivity index (χ2n) is 11.1. The van der Waals surface area contributed by atoms with E-state index in [9.17, 15) is 13.7 Å². The highest BCUT2D eigenvalue weighted by Gasteiger charge is 2.75. The molecule has 228 valence electrons. The number of hydrogen-bond acceptors (Lipinski definition) is 9. The number of rotatable bonds is 15. The Bertz CT molecular complexity index is 849. The van der Waals surface area contributed by atoms with Crippen molar-refractivity contribution in [3.63, 3.8) is 0 Å². The molecule has 4 aliphatic rings. The van der Waals surface area contributed by atoms with E-state index in [0.29, 0.717) is 53.1 Å². The van der Waals surface area contributed by atoms with E-state index >= 15 is 0 Å². The molecule has 4 heterocycles. The lowest BCUT2D eigenvalue weighted by Gasteiger charge is -2.26. The van der Waals surface area contributed by atoms with Crippen LogP contribution in [0.4, 0.5) is 0 Å². The Labute approximate surface area is 234 Å². The minimum Gasteiger partial charge on any atom is -0.305 e. The van der Waals surface area contributed by atoms with E-state index in [4.69, 9.17) is 27.1 Å². The van der Waals surface area contributed by atoms with Crippen LogP contribution in [0.25, 0.3) is 0 Å². The van der Waals surface area contributed by atoms with Crippen molar-refractivity contribution in [2.45, 2.75) is 58.9 Å². The highest BCUT2D eigenvalue weighted by atomic mass is 31.2. The van der Waals surface area contributed by atoms with Crippen LogP contribution in [0.1, 0.15) is 41.5 Å². The Balaban J connectivity index is 1.64. The van der Waals surface area contributed by atoms with Crippen LogP contribution >= 0.6 is 22.8 Å². The zero-order valence-corrected chi connectivity index (χ0v) is 27.4. The molecule has 3 unspecified atom stereocenters. The van der Waals surface area contributed by atoms with E-state index in [0.717, 1.165) is 58.9 Å². The first-order chi connectivity index (χ1) is 18.5. The van der Waals surface area contributed by atoms with E-state index in [1.54, 1.807) is 0 Å². The third kappa shape index (κ3) is 6.20. The van der Waals surface area contributed by atoms with Crippen molar-refractivity contribution < 1.29 is 54.3 Å². The molecular formula is C24H51N3O9P3+3. The zero-order chi connectivity index (χ0) is 28.6. The van der Waals surface area contributed by atoms with Crippen molar-refractivity contribution in [3.05, 3.63) is 0 Å². The number of hydrogen-bond donors (Lipinski definition) is 0. The summed E-state index contributed by atoms with van der Waals surface area (Å²) in [4.78, 5) is 0. The van der Waals surface area contributed by atoms with Gasteiger partial charge in [-0.25, -0.2) is 0 Å². The first-order valence-electron chi connectivity index (χ1n) is 14.7. The topological polar surface area (TPSA) is 107 Å². The van der Waals surface area contributed by atoms with Gasteiger partial charge in [-0.05, 0) is 41.5 Å². The summed E-state index contributed by atoms with van der Waals surface area (Å²) in [5.41, 5.74) is 0. The third-order valence-electron chi connectivity index (χ3n) is 9.00. The average Bonchev–Trinajstić information content (AvgIpc) is 3.77. The second kappa shape index (κ2) is 12.1. The van der Waals surface area contributed by atoms with Gasteiger partial charge < -0.3 is 27.1 Å². The second-order valence-corrected chi connectivity index (χ2v) is 17.7. The van der Waals surface area contributed by atoms with Crippen LogP contribution in [-0.2, 0) is 40.8 Å². The Morgan fingerprint density at radius 1 is 0.436 bits per heavy atom. The molecule has 0 amide bonds. The first-order valence-corrected chi connectivity index (χ1v) is 19.6. The number of nitrogens with zero attached hydrogens (tertiary/aromatic N) is 3. The molecule has 3 spiro atoms. The van der Waals surface area contributed by atoms with Crippen molar-refractivity contribution in [2.24, 2.45) is 0 Å². The molecule has 0 saturated carbocycles. The predicted octanol–water partition coefficient (Wildman–Crippen LogP) is 4.27. The minimum absolute atomic E-state index is 0.219. The molecule has 0 aliphatic carbocycles. The predicted molar refractivity (Wildman–Crippen MR) is 149 cm³/mol. The van der Waals surface area contributed by atoms with E-state index < -0.39 is 22.8 Å². The van der Waals surface area contributed by atoms with E-state index in [1.165, 1.54) is 0 Å². The summed E-state index contributed by atoms with van der Waals surface area (Å²) in [5, 5.41) is 0. The Morgan fingerprint density at radius 3 is 0.769 bits per heavy atom. The molecule has 15 heteroatoms. The van der Waals surface area contributed by atoms with Crippen LogP contribution in [0, 0.1) is 0 Å². The molecule has 0 radical (unpaired) electrons. The maximum atomic E-state index is 13.8. The molecule has 0 N–H and O–H groups in total. The van der Waals surface area contributed by atoms with Crippen molar-refractivity contribution in [1.29, 1.82) is 0 Å². The SMILES string of the molecule is CCOP(=O)(OCC)C1C[N+]12CC[N+]1(CC[N+]3(CC2)CC3P(=O)(OCC)OCC)CC1P(=O)(OCC)OCC. The molecule has 4 rings (SSSR count). The summed E-state index contributed by atoms with van der Waals surface area (Å²) in [7, 11) is -9.88. The van der Waals surface area contributed by atoms with Crippen LogP contribution in [0.15, 0.2) is 0 Å². The fourth-order valence-corrected chi connectivity index (χ4v) is 14.2. The van der Waals surface area contributed by atoms with Crippen molar-refractivity contribution in [2.75, 3.05) is 98.5 Å². The van der Waals surface area contributed by atoms with Gasteiger partial charge in [0.05, 0.1) is 39.6 Å². The Morgan fingerprint density at radius 2 is 0.615 bits per heavy atom. The Kier molecular flexibility index (Phi) is 10.0. The minimum atomic E-state index is -3.29. The summed E-state index contributed by atoms with van der Waals surface area (Å²) in [6.07, 6.45) is 0. The van der Waals surface area contributed by atoms with E-state index in [2.05, 4.69) is 0 Å². The molecular weight excluding hydrogens is 567 g/mol. The third-order valence-corrected chi connectivity index (χ3v) is 16.9. The lowest BCUT2D eigenvalue weighted by molar-refractivity contribution is -0.863. The van der Waals surface area contributed by atoms with E-state index in [1.807, 2.05) is 41.5 Å². The fourth-order valence-electron chi connectivity index (χ4n) is 6.71. The van der Waals surface area contributed by atoms with Crippen LogP contribution in [-0.4, -0.2) is 129 Å². The molecule has 39 heavy (non-hydrogen) atoms. The summed E-state index contributed by atoms with van der Waals surface area (Å²) in [5.74, 6) is -0.657. The molecule has 12 nitrogen and oxygen atoms in total. The van der Waals surface area contributed by atoms with Gasteiger partial charge in [0.2, 0.25) is 17.3 Å². The lowest BCUT2D eigenvalue weighted by Crippen LogP contribution is -2.42. The van der Waals surface area contributed by atoms with Crippen LogP contribution in [0.2, 0.25) is 0 Å². The summed E-state index contributed by atoms with van der Waals surface area (Å²) >= 11 is 0. The highest BCUT2D eigenvalue weighted by Crippen LogP contribution is 2.68. The lowest BCUT2D eigenvalue weighted by atomic mass is 10.4. The summed E-state index contributed by atoms with van der Waals surface area (Å²) < 4.78 is 78.1. The quantitative estimate of drug-likeness (QED) is 0.151. The molecule has 0 aromatic carbocycles. The van der Waals surface area contributed by atoms with Gasteiger partial charge in [-0.2, -0.15) is 0 Å². The maximum absolute atomic E-state index is 13.8. The molecule has 4 aliphatic heterocycles. The smallest absolute Gasteiger partial charge is 0.305 e. The summed E-state index contributed by atoms with van der Waals surface area (Å²) in [6, 6.07) is 0. The van der Waals surface area contributed by atoms with Crippen LogP contribution in [0.5, 0.6) is 0 Å². The number of quaternary nitrogens is 3. The standard InChI is InChI=1S/C24H51N3O9P3/c1-7-31-37(28,32-8-2)22-19-25(22)13-15-26(20-23(26)38(29,33-9-3)34-10-4)17-18-27(16-14-25)21-24(27)39(30,35-11-5)36-12-6/h22-24H,7-21H2,1-6H3/q+3. The van der Waals surface area contributed by atoms with Crippen LogP contribution < -0.4 is 0 Å². The largest absolute Gasteiger partial charge is 0.393 e. The fraction of sp³-hybridized carbons (Fsp3) is 1.00. The molecule has 3 atom stereocenters. The van der Waals surface area contributed by atoms with Gasteiger partial charge >= 0.3 is 22.8 Å². The molecule has 0 bridgehead atoms. The molecule has 0 aromatic rings. The highest BCUT2D eigenvalue weighted by molar-refractivity contribution is 7.55. The van der Waals surface area contributed by atoms with Gasteiger partial charge in [-0.15, -0.1) is 0 Å². The molecule has 0 aromatic heterocycles. The van der Waals surface area contributed by atoms with Gasteiger partial charge in [-0.1, -0.05) is 0 Å². The monoisotopic (exact) mass is 618 g/mol. The first kappa shape index (κ1) is 32.2. The zero-order valence-electron chi connectivity index (χ0n) is 24.7. The van der Waals surface area contributed by atoms with Crippen LogP contribution in [0.3, 0.4) is 0 Å². The van der Waals surface area contributed by atoms with E-state index in [-0.39, 0.29) is 17.3 Å². The Hall–Kier alpha value is 0.330. The normalized spacial score (nSPS) is 36.6. The van der Waals surface area contributed by atoms with Gasteiger partial charge in [0.1, 0.15) is 58.9 Å². The van der Waals surface area contributed by atoms with Crippen molar-refractivity contribution in [1.82, 2.24) is 0 Å². The molecule has 4 fully saturated rings. The van der Waals surface area contributed by atoms with Crippen molar-refractivity contribution in [3.8, 4) is 0 Å². The van der Waals surface area contributed by atoms with Gasteiger partial charge in [0.15, 0.2) is 0 Å². The molecule has 4 saturated heterocycles. The van der Waals surface area contributed by atoms with Gasteiger partial charge in [0.25, 0.3) is 0 Å².